The molecular formula is C44H84N2O7P+. The van der Waals surface area contributed by atoms with E-state index in [0.717, 1.165) is 38.5 Å². The number of carbonyl (C=O) groups is 1. The summed E-state index contributed by atoms with van der Waals surface area (Å²) in [7, 11) is 1.53. The molecule has 0 fully saturated rings. The van der Waals surface area contributed by atoms with Crippen molar-refractivity contribution in [3.8, 4) is 0 Å². The number of amides is 1. The van der Waals surface area contributed by atoms with Gasteiger partial charge in [0.1, 0.15) is 13.2 Å². The number of phosphoric ester groups is 1. The number of allylic oxidation sites excluding steroid dienone is 6. The maximum Gasteiger partial charge on any atom is 0.472 e. The fourth-order valence-corrected chi connectivity index (χ4v) is 6.62. The van der Waals surface area contributed by atoms with Gasteiger partial charge in [-0.1, -0.05) is 165 Å². The van der Waals surface area contributed by atoms with Gasteiger partial charge in [-0.25, -0.2) is 4.57 Å². The van der Waals surface area contributed by atoms with Gasteiger partial charge < -0.3 is 24.9 Å². The molecule has 9 nitrogen and oxygen atoms in total. The molecule has 0 bridgehead atoms. The lowest BCUT2D eigenvalue weighted by Crippen LogP contribution is -2.46. The van der Waals surface area contributed by atoms with Gasteiger partial charge in [0, 0.05) is 6.42 Å². The van der Waals surface area contributed by atoms with Crippen LogP contribution in [-0.2, 0) is 18.4 Å². The van der Waals surface area contributed by atoms with Crippen LogP contribution in [-0.4, -0.2) is 84.6 Å². The number of nitrogens with one attached hydrogen (secondary N) is 1. The van der Waals surface area contributed by atoms with Gasteiger partial charge in [0.15, 0.2) is 0 Å². The fraction of sp³-hybridized carbons (Fsp3) is 0.795. The normalized spacial score (nSPS) is 15.5. The van der Waals surface area contributed by atoms with Crippen molar-refractivity contribution < 1.29 is 38.0 Å². The molecule has 0 aliphatic rings. The minimum Gasteiger partial charge on any atom is -0.391 e. The monoisotopic (exact) mass is 784 g/mol. The maximum atomic E-state index is 12.8. The highest BCUT2D eigenvalue weighted by atomic mass is 31.2. The zero-order chi connectivity index (χ0) is 40.2. The van der Waals surface area contributed by atoms with Gasteiger partial charge in [-0.05, 0) is 44.9 Å². The molecule has 0 spiro atoms. The molecule has 0 saturated heterocycles. The Balaban J connectivity index is 4.57. The standard InChI is InChI=1S/C44H83N2O7P/c1-6-8-10-12-14-15-16-17-18-19-20-24-28-32-36-43(48)42(40-53-54(50,51)52-39-38-46(3,4)5)45-44(49)37-33-29-25-21-23-27-31-35-41(47)34-30-26-22-13-11-9-7-2/h21-22,25-27,30-31,34,41-43,47-48H,6-20,23-24,28-29,32-33,35-40H2,1-5H3,(H-,45,49,50,51)/p+1/b25-21+,26-22-,31-27-,34-30-/t41-,42-,43+/m0/s1. The van der Waals surface area contributed by atoms with Crippen molar-refractivity contribution in [1.82, 2.24) is 5.32 Å². The Morgan fingerprint density at radius 3 is 1.87 bits per heavy atom. The van der Waals surface area contributed by atoms with Gasteiger partial charge in [0.25, 0.3) is 0 Å². The molecule has 0 aromatic rings. The van der Waals surface area contributed by atoms with E-state index in [1.54, 1.807) is 0 Å². The number of aliphatic hydroxyl groups is 2. The average Bonchev–Trinajstić information content (AvgIpc) is 3.11. The van der Waals surface area contributed by atoms with Crippen molar-refractivity contribution in [2.75, 3.05) is 40.9 Å². The molecule has 316 valence electrons. The van der Waals surface area contributed by atoms with Crippen LogP contribution in [0.2, 0.25) is 0 Å². The average molecular weight is 784 g/mol. The molecule has 0 aromatic heterocycles. The number of likely N-dealkylation sites (N-methyl/N-ethyl adjacent to an activating group) is 1. The number of rotatable bonds is 38. The maximum absolute atomic E-state index is 12.8. The second-order valence-electron chi connectivity index (χ2n) is 15.9. The molecule has 4 atom stereocenters. The summed E-state index contributed by atoms with van der Waals surface area (Å²) < 4.78 is 23.5. The molecule has 0 aromatic carbocycles. The van der Waals surface area contributed by atoms with E-state index in [1.807, 2.05) is 63.7 Å². The Morgan fingerprint density at radius 1 is 0.704 bits per heavy atom. The van der Waals surface area contributed by atoms with E-state index < -0.39 is 26.1 Å². The van der Waals surface area contributed by atoms with Crippen LogP contribution in [0.1, 0.15) is 168 Å². The van der Waals surface area contributed by atoms with Crippen molar-refractivity contribution in [2.24, 2.45) is 0 Å². The fourth-order valence-electron chi connectivity index (χ4n) is 5.88. The van der Waals surface area contributed by atoms with Crippen LogP contribution in [0.5, 0.6) is 0 Å². The predicted octanol–water partition coefficient (Wildman–Crippen LogP) is 10.7. The first-order chi connectivity index (χ1) is 25.9. The van der Waals surface area contributed by atoms with Crippen LogP contribution in [0.25, 0.3) is 0 Å². The van der Waals surface area contributed by atoms with Crippen molar-refractivity contribution in [3.63, 3.8) is 0 Å². The van der Waals surface area contributed by atoms with E-state index in [4.69, 9.17) is 9.05 Å². The van der Waals surface area contributed by atoms with E-state index >= 15 is 0 Å². The molecular weight excluding hydrogens is 699 g/mol. The van der Waals surface area contributed by atoms with E-state index in [0.29, 0.717) is 30.3 Å². The smallest absolute Gasteiger partial charge is 0.391 e. The van der Waals surface area contributed by atoms with Crippen molar-refractivity contribution >= 4 is 13.7 Å². The summed E-state index contributed by atoms with van der Waals surface area (Å²) in [4.78, 5) is 23.1. The van der Waals surface area contributed by atoms with E-state index in [-0.39, 0.29) is 25.5 Å². The molecule has 4 N–H and O–H groups in total. The van der Waals surface area contributed by atoms with E-state index in [9.17, 15) is 24.5 Å². The largest absolute Gasteiger partial charge is 0.472 e. The summed E-state index contributed by atoms with van der Waals surface area (Å²) in [5.74, 6) is -0.228. The van der Waals surface area contributed by atoms with Gasteiger partial charge >= 0.3 is 7.82 Å². The lowest BCUT2D eigenvalue weighted by atomic mass is 10.0. The first kappa shape index (κ1) is 52.4. The van der Waals surface area contributed by atoms with E-state index in [2.05, 4.69) is 25.2 Å². The molecule has 0 radical (unpaired) electrons. The lowest BCUT2D eigenvalue weighted by Gasteiger charge is -2.26. The topological polar surface area (TPSA) is 125 Å². The van der Waals surface area contributed by atoms with Crippen LogP contribution < -0.4 is 5.32 Å². The number of aliphatic hydroxyl groups excluding tert-OH is 2. The Morgan fingerprint density at radius 2 is 1.26 bits per heavy atom. The molecule has 0 aliphatic carbocycles. The first-order valence-corrected chi connectivity index (χ1v) is 23.1. The third-order valence-corrected chi connectivity index (χ3v) is 10.4. The van der Waals surface area contributed by atoms with Gasteiger partial charge in [-0.2, -0.15) is 0 Å². The van der Waals surface area contributed by atoms with Crippen LogP contribution in [0.3, 0.4) is 0 Å². The second-order valence-corrected chi connectivity index (χ2v) is 17.4. The SMILES string of the molecule is CCCCC/C=C\C=C/[C@H](O)C/C=C\C/C=C/CCCC(=O)N[C@@H](COP(=O)(O)OCC[N+](C)(C)C)[C@H](O)CCCCCCCCCCCCCCCC. The molecule has 1 unspecified atom stereocenters. The van der Waals surface area contributed by atoms with Crippen LogP contribution in [0, 0.1) is 0 Å². The molecule has 0 rings (SSSR count). The predicted molar refractivity (Wildman–Crippen MR) is 227 cm³/mol. The minimum absolute atomic E-state index is 0.0512. The molecule has 10 heteroatoms. The highest BCUT2D eigenvalue weighted by Crippen LogP contribution is 2.43. The Kier molecular flexibility index (Phi) is 34.8. The number of unbranched alkanes of at least 4 members (excludes halogenated alkanes) is 17. The summed E-state index contributed by atoms with van der Waals surface area (Å²) in [6.07, 6.45) is 40.2. The lowest BCUT2D eigenvalue weighted by molar-refractivity contribution is -0.870. The van der Waals surface area contributed by atoms with Gasteiger partial charge in [0.05, 0.1) is 46.0 Å². The Bertz CT molecular complexity index is 1040. The summed E-state index contributed by atoms with van der Waals surface area (Å²) in [6, 6.07) is -0.811. The Hall–Kier alpha value is -1.58. The van der Waals surface area contributed by atoms with Crippen LogP contribution in [0.15, 0.2) is 48.6 Å². The van der Waals surface area contributed by atoms with Gasteiger partial charge in [-0.3, -0.25) is 13.8 Å². The molecule has 0 heterocycles. The van der Waals surface area contributed by atoms with Gasteiger partial charge in [-0.15, -0.1) is 0 Å². The highest BCUT2D eigenvalue weighted by Gasteiger charge is 2.28. The first-order valence-electron chi connectivity index (χ1n) is 21.6. The number of quaternary nitrogens is 1. The molecule has 0 aliphatic heterocycles. The molecule has 54 heavy (non-hydrogen) atoms. The summed E-state index contributed by atoms with van der Waals surface area (Å²) in [6.45, 7) is 4.72. The number of phosphoric acid groups is 1. The number of nitrogens with zero attached hydrogens (tertiary/aromatic N) is 1. The minimum atomic E-state index is -4.34. The zero-order valence-corrected chi connectivity index (χ0v) is 36.2. The number of hydrogen-bond donors (Lipinski definition) is 4. The zero-order valence-electron chi connectivity index (χ0n) is 35.3. The second kappa shape index (κ2) is 35.8. The van der Waals surface area contributed by atoms with Gasteiger partial charge in [0.2, 0.25) is 5.91 Å². The van der Waals surface area contributed by atoms with Crippen molar-refractivity contribution in [3.05, 3.63) is 48.6 Å². The third-order valence-electron chi connectivity index (χ3n) is 9.41. The summed E-state index contributed by atoms with van der Waals surface area (Å²) >= 11 is 0. The number of hydrogen-bond acceptors (Lipinski definition) is 6. The quantitative estimate of drug-likeness (QED) is 0.0161. The third kappa shape index (κ3) is 37.3. The molecule has 1 amide bonds. The summed E-state index contributed by atoms with van der Waals surface area (Å²) in [5, 5.41) is 24.0. The number of carbonyl (C=O) groups excluding carboxylic acids is 1. The van der Waals surface area contributed by atoms with Crippen LogP contribution in [0.4, 0.5) is 0 Å². The van der Waals surface area contributed by atoms with Crippen LogP contribution >= 0.6 is 7.82 Å². The van der Waals surface area contributed by atoms with Crippen molar-refractivity contribution in [1.29, 1.82) is 0 Å². The highest BCUT2D eigenvalue weighted by molar-refractivity contribution is 7.47. The molecule has 0 saturated carbocycles. The summed E-state index contributed by atoms with van der Waals surface area (Å²) in [5.41, 5.74) is 0. The van der Waals surface area contributed by atoms with Crippen molar-refractivity contribution in [2.45, 2.75) is 186 Å². The Labute approximate surface area is 332 Å². The van der Waals surface area contributed by atoms with E-state index in [1.165, 1.54) is 89.9 Å².